The second-order valence-electron chi connectivity index (χ2n) is 11.7. The first-order valence-corrected chi connectivity index (χ1v) is 14.5. The zero-order valence-electron chi connectivity index (χ0n) is 25.2. The van der Waals surface area contributed by atoms with E-state index in [9.17, 15) is 19.2 Å². The number of benzene rings is 2. The van der Waals surface area contributed by atoms with Gasteiger partial charge in [0.05, 0.1) is 13.7 Å². The Morgan fingerprint density at radius 3 is 2.37 bits per heavy atom. The molecule has 0 aliphatic carbocycles. The number of amides is 4. The zero-order valence-corrected chi connectivity index (χ0v) is 25.2. The fourth-order valence-corrected chi connectivity index (χ4v) is 5.07. The van der Waals surface area contributed by atoms with Gasteiger partial charge in [0.1, 0.15) is 17.4 Å². The highest BCUT2D eigenvalue weighted by Gasteiger charge is 2.33. The maximum Gasteiger partial charge on any atom is 0.408 e. The Morgan fingerprint density at radius 1 is 1.00 bits per heavy atom. The average Bonchev–Trinajstić information content (AvgIpc) is 3.40. The smallest absolute Gasteiger partial charge is 0.408 e. The van der Waals surface area contributed by atoms with Crippen molar-refractivity contribution in [1.82, 2.24) is 25.8 Å². The van der Waals surface area contributed by atoms with Crippen LogP contribution in [0.3, 0.4) is 0 Å². The number of nitrogens with one attached hydrogen (secondary N) is 4. The minimum absolute atomic E-state index is 0.124. The van der Waals surface area contributed by atoms with E-state index in [-0.39, 0.29) is 36.6 Å². The minimum atomic E-state index is -0.839. The number of nitrogens with zero attached hydrogens (tertiary/aromatic N) is 1. The molecule has 1 atom stereocenters. The molecule has 0 spiro atoms. The second kappa shape index (κ2) is 14.1. The molecule has 2 heterocycles. The molecule has 43 heavy (non-hydrogen) atoms. The van der Waals surface area contributed by atoms with E-state index in [1.807, 2.05) is 54.7 Å². The third-order valence-electron chi connectivity index (χ3n) is 7.34. The Hall–Kier alpha value is -4.54. The fraction of sp³-hybridized carbons (Fsp3) is 0.438. The van der Waals surface area contributed by atoms with Crippen LogP contribution in [0.5, 0.6) is 5.75 Å². The summed E-state index contributed by atoms with van der Waals surface area (Å²) >= 11 is 0. The number of carbonyl (C=O) groups is 4. The highest BCUT2D eigenvalue weighted by molar-refractivity contribution is 5.89. The molecule has 0 radical (unpaired) electrons. The fourth-order valence-electron chi connectivity index (χ4n) is 5.07. The molecule has 1 unspecified atom stereocenters. The van der Waals surface area contributed by atoms with Crippen LogP contribution in [0.25, 0.3) is 10.9 Å². The lowest BCUT2D eigenvalue weighted by atomic mass is 9.94. The first-order valence-electron chi connectivity index (χ1n) is 14.5. The Kier molecular flexibility index (Phi) is 10.3. The number of piperidine rings is 1. The van der Waals surface area contributed by atoms with E-state index in [1.165, 1.54) is 0 Å². The van der Waals surface area contributed by atoms with Gasteiger partial charge in [-0.2, -0.15) is 0 Å². The van der Waals surface area contributed by atoms with Gasteiger partial charge in [0, 0.05) is 49.1 Å². The van der Waals surface area contributed by atoms with Crippen LogP contribution in [0.4, 0.5) is 4.79 Å². The molecule has 1 aliphatic rings. The Balaban J connectivity index is 1.29. The highest BCUT2D eigenvalue weighted by Crippen LogP contribution is 2.22. The summed E-state index contributed by atoms with van der Waals surface area (Å²) in [6.45, 7) is 6.25. The van der Waals surface area contributed by atoms with Crippen LogP contribution in [0.2, 0.25) is 0 Å². The summed E-state index contributed by atoms with van der Waals surface area (Å²) in [7, 11) is 1.59. The van der Waals surface area contributed by atoms with E-state index in [2.05, 4.69) is 20.9 Å². The molecular formula is C32H41N5O6. The van der Waals surface area contributed by atoms with Gasteiger partial charge in [-0.25, -0.2) is 4.79 Å². The monoisotopic (exact) mass is 591 g/mol. The number of rotatable bonds is 10. The van der Waals surface area contributed by atoms with Crippen molar-refractivity contribution in [3.8, 4) is 5.75 Å². The SMILES string of the molecule is COc1ccc(CNC(=O)CNC(=O)C2CCN(C(=O)C(Cc3c[nH]c4ccccc34)NC(=O)OC(C)(C)C)CC2)cc1. The second-order valence-corrected chi connectivity index (χ2v) is 11.7. The summed E-state index contributed by atoms with van der Waals surface area (Å²) in [6.07, 6.45) is 2.39. The summed E-state index contributed by atoms with van der Waals surface area (Å²) in [5.41, 5.74) is 2.06. The van der Waals surface area contributed by atoms with Gasteiger partial charge in [0.2, 0.25) is 17.7 Å². The molecule has 1 aliphatic heterocycles. The first-order chi connectivity index (χ1) is 20.5. The number of likely N-dealkylation sites (tertiary alicyclic amines) is 1. The molecule has 4 rings (SSSR count). The Bertz CT molecular complexity index is 1420. The number of fused-ring (bicyclic) bond motifs is 1. The van der Waals surface area contributed by atoms with E-state index in [0.717, 1.165) is 27.8 Å². The standard InChI is InChI=1S/C32H41N5O6/c1-32(2,3)43-31(41)36-27(17-23-19-33-26-8-6-5-7-25(23)26)30(40)37-15-13-22(14-16-37)29(39)35-20-28(38)34-18-21-9-11-24(42-4)12-10-21/h5-12,19,22,27,33H,13-18,20H2,1-4H3,(H,34,38)(H,35,39)(H,36,41). The van der Waals surface area contributed by atoms with Crippen molar-refractivity contribution >= 4 is 34.7 Å². The Morgan fingerprint density at radius 2 is 1.70 bits per heavy atom. The molecule has 1 saturated heterocycles. The molecule has 11 nitrogen and oxygen atoms in total. The normalized spacial score (nSPS) is 14.6. The maximum absolute atomic E-state index is 13.7. The third-order valence-corrected chi connectivity index (χ3v) is 7.34. The molecule has 1 aromatic heterocycles. The number of aromatic nitrogens is 1. The number of carbonyl (C=O) groups excluding carboxylic acids is 4. The van der Waals surface area contributed by atoms with Gasteiger partial charge in [-0.3, -0.25) is 14.4 Å². The summed E-state index contributed by atoms with van der Waals surface area (Å²) < 4.78 is 10.6. The summed E-state index contributed by atoms with van der Waals surface area (Å²) in [4.78, 5) is 56.3. The number of hydrogen-bond donors (Lipinski definition) is 4. The van der Waals surface area contributed by atoms with Crippen LogP contribution in [0.1, 0.15) is 44.7 Å². The van der Waals surface area contributed by atoms with Crippen LogP contribution in [0.15, 0.2) is 54.7 Å². The van der Waals surface area contributed by atoms with Gasteiger partial charge >= 0.3 is 6.09 Å². The number of H-pyrrole nitrogens is 1. The minimum Gasteiger partial charge on any atom is -0.497 e. The Labute approximate surface area is 251 Å². The molecule has 4 amide bonds. The van der Waals surface area contributed by atoms with Crippen molar-refractivity contribution in [2.45, 2.75) is 58.2 Å². The number of methoxy groups -OCH3 is 1. The van der Waals surface area contributed by atoms with Crippen molar-refractivity contribution in [2.75, 3.05) is 26.7 Å². The van der Waals surface area contributed by atoms with Crippen molar-refractivity contribution in [3.63, 3.8) is 0 Å². The summed E-state index contributed by atoms with van der Waals surface area (Å²) in [6, 6.07) is 14.3. The quantitative estimate of drug-likeness (QED) is 0.285. The lowest BCUT2D eigenvalue weighted by molar-refractivity contribution is -0.137. The zero-order chi connectivity index (χ0) is 31.0. The molecule has 230 valence electrons. The molecule has 1 fully saturated rings. The van der Waals surface area contributed by atoms with Crippen LogP contribution in [0, 0.1) is 5.92 Å². The topological polar surface area (TPSA) is 142 Å². The lowest BCUT2D eigenvalue weighted by Gasteiger charge is -2.34. The molecule has 0 bridgehead atoms. The molecule has 2 aromatic carbocycles. The predicted octanol–water partition coefficient (Wildman–Crippen LogP) is 3.28. The van der Waals surface area contributed by atoms with Gasteiger partial charge in [0.15, 0.2) is 0 Å². The van der Waals surface area contributed by atoms with Crippen molar-refractivity contribution in [2.24, 2.45) is 5.92 Å². The van der Waals surface area contributed by atoms with Gasteiger partial charge in [-0.05, 0) is 62.9 Å². The van der Waals surface area contributed by atoms with Gasteiger partial charge in [0.25, 0.3) is 0 Å². The number of para-hydroxylation sites is 1. The van der Waals surface area contributed by atoms with Crippen molar-refractivity contribution < 1.29 is 28.7 Å². The van der Waals surface area contributed by atoms with Gasteiger partial charge in [-0.15, -0.1) is 0 Å². The largest absolute Gasteiger partial charge is 0.497 e. The number of alkyl carbamates (subject to hydrolysis) is 1. The van der Waals surface area contributed by atoms with Gasteiger partial charge < -0.3 is 35.3 Å². The molecule has 11 heteroatoms. The van der Waals surface area contributed by atoms with Crippen molar-refractivity contribution in [1.29, 1.82) is 0 Å². The van der Waals surface area contributed by atoms with Crippen molar-refractivity contribution in [3.05, 3.63) is 65.9 Å². The first kappa shape index (κ1) is 31.4. The molecule has 3 aromatic rings. The number of aromatic amines is 1. The third kappa shape index (κ3) is 8.97. The van der Waals surface area contributed by atoms with Crippen LogP contribution in [-0.4, -0.2) is 72.1 Å². The van der Waals surface area contributed by atoms with E-state index in [4.69, 9.17) is 9.47 Å². The molecule has 4 N–H and O–H groups in total. The highest BCUT2D eigenvalue weighted by atomic mass is 16.6. The average molecular weight is 592 g/mol. The summed E-state index contributed by atoms with van der Waals surface area (Å²) in [5.74, 6) is -0.310. The molecular weight excluding hydrogens is 550 g/mol. The van der Waals surface area contributed by atoms with E-state index in [0.29, 0.717) is 32.5 Å². The summed E-state index contributed by atoms with van der Waals surface area (Å²) in [5, 5.41) is 9.26. The number of ether oxygens (including phenoxy) is 2. The van der Waals surface area contributed by atoms with Gasteiger partial charge in [-0.1, -0.05) is 30.3 Å². The van der Waals surface area contributed by atoms with E-state index < -0.39 is 17.7 Å². The van der Waals surface area contributed by atoms with E-state index >= 15 is 0 Å². The van der Waals surface area contributed by atoms with E-state index in [1.54, 1.807) is 32.8 Å². The van der Waals surface area contributed by atoms with Crippen LogP contribution < -0.4 is 20.7 Å². The predicted molar refractivity (Wildman–Crippen MR) is 162 cm³/mol. The van der Waals surface area contributed by atoms with Crippen LogP contribution in [-0.2, 0) is 32.1 Å². The van der Waals surface area contributed by atoms with Crippen LogP contribution >= 0.6 is 0 Å². The number of hydrogen-bond acceptors (Lipinski definition) is 6. The maximum atomic E-state index is 13.7. The lowest BCUT2D eigenvalue weighted by Crippen LogP contribution is -2.53. The molecule has 0 saturated carbocycles.